The number of likely N-dealkylation sites (tertiary alicyclic amines) is 1. The molecular weight excluding hydrogens is 348 g/mol. The molecule has 0 aliphatic carbocycles. The zero-order chi connectivity index (χ0) is 17.8. The van der Waals surface area contributed by atoms with Crippen LogP contribution in [0.15, 0.2) is 11.0 Å². The summed E-state index contributed by atoms with van der Waals surface area (Å²) >= 11 is 6.24. The molecule has 0 unspecified atom stereocenters. The van der Waals surface area contributed by atoms with Crippen molar-refractivity contribution in [2.45, 2.75) is 31.7 Å². The lowest BCUT2D eigenvalue weighted by Crippen LogP contribution is -2.41. The molecule has 2 aliphatic rings. The van der Waals surface area contributed by atoms with Crippen molar-refractivity contribution in [2.75, 3.05) is 38.2 Å². The molecule has 2 fully saturated rings. The molecule has 8 nitrogen and oxygen atoms in total. The fraction of sp³-hybridized carbons (Fsp3) is 0.688. The molecule has 0 aromatic carbocycles. The molecule has 2 aliphatic heterocycles. The number of anilines is 1. The minimum Gasteiger partial charge on any atom is -0.465 e. The number of hydrogen-bond donors (Lipinski definition) is 2. The second kappa shape index (κ2) is 8.05. The third-order valence-corrected chi connectivity index (χ3v) is 5.23. The Bertz CT molecular complexity index is 667. The summed E-state index contributed by atoms with van der Waals surface area (Å²) in [5, 5.41) is 16.6. The molecule has 1 aromatic rings. The van der Waals surface area contributed by atoms with Crippen molar-refractivity contribution < 1.29 is 14.6 Å². The van der Waals surface area contributed by atoms with E-state index >= 15 is 0 Å². The van der Waals surface area contributed by atoms with Crippen LogP contribution in [0.2, 0.25) is 5.02 Å². The largest absolute Gasteiger partial charge is 0.465 e. The fourth-order valence-corrected chi connectivity index (χ4v) is 3.55. The minimum atomic E-state index is -0.928. The van der Waals surface area contributed by atoms with Crippen molar-refractivity contribution >= 4 is 23.4 Å². The molecule has 2 saturated heterocycles. The topological polar surface area (TPSA) is 96.7 Å². The maximum Gasteiger partial charge on any atom is 0.407 e. The van der Waals surface area contributed by atoms with E-state index in [1.54, 1.807) is 6.20 Å². The summed E-state index contributed by atoms with van der Waals surface area (Å²) in [7, 11) is 0. The van der Waals surface area contributed by atoms with Gasteiger partial charge in [0.2, 0.25) is 0 Å². The van der Waals surface area contributed by atoms with Crippen LogP contribution in [-0.2, 0) is 4.74 Å². The molecule has 9 heteroatoms. The summed E-state index contributed by atoms with van der Waals surface area (Å²) < 4.78 is 6.83. The standard InChI is InChI=1S/C16H23ClN4O4/c17-14-13(18-8-11-2-1-7-25-10-11)9-19-21(15(14)22)12-3-5-20(6-4-12)16(23)24/h9,11-12,18H,1-8,10H2,(H,23,24)/t11-/m1/s1. The molecule has 3 heterocycles. The highest BCUT2D eigenvalue weighted by molar-refractivity contribution is 6.32. The maximum atomic E-state index is 12.5. The van der Waals surface area contributed by atoms with Gasteiger partial charge < -0.3 is 20.1 Å². The first-order chi connectivity index (χ1) is 12.1. The predicted molar refractivity (Wildman–Crippen MR) is 93.4 cm³/mol. The Morgan fingerprint density at radius 3 is 2.80 bits per heavy atom. The zero-order valence-electron chi connectivity index (χ0n) is 14.0. The summed E-state index contributed by atoms with van der Waals surface area (Å²) in [6, 6.07) is -0.124. The normalized spacial score (nSPS) is 22.0. The minimum absolute atomic E-state index is 0.124. The number of ether oxygens (including phenoxy) is 1. The van der Waals surface area contributed by atoms with Gasteiger partial charge in [-0.15, -0.1) is 0 Å². The first-order valence-electron chi connectivity index (χ1n) is 8.63. The summed E-state index contributed by atoms with van der Waals surface area (Å²) in [4.78, 5) is 24.9. The Balaban J connectivity index is 1.64. The highest BCUT2D eigenvalue weighted by Gasteiger charge is 2.25. The lowest BCUT2D eigenvalue weighted by Gasteiger charge is -2.30. The SMILES string of the molecule is O=C(O)N1CCC(n2ncc(NC[C@H]3CCCOC3)c(Cl)c2=O)CC1. The van der Waals surface area contributed by atoms with Crippen LogP contribution >= 0.6 is 11.6 Å². The molecule has 0 radical (unpaired) electrons. The number of carbonyl (C=O) groups is 1. The molecule has 0 spiro atoms. The van der Waals surface area contributed by atoms with Crippen molar-refractivity contribution in [3.63, 3.8) is 0 Å². The molecule has 3 rings (SSSR count). The van der Waals surface area contributed by atoms with E-state index in [1.807, 2.05) is 0 Å². The molecule has 0 bridgehead atoms. The summed E-state index contributed by atoms with van der Waals surface area (Å²) in [5.41, 5.74) is 0.205. The van der Waals surface area contributed by atoms with Gasteiger partial charge in [-0.3, -0.25) is 4.79 Å². The average Bonchev–Trinajstić information content (AvgIpc) is 2.64. The van der Waals surface area contributed by atoms with Gasteiger partial charge >= 0.3 is 6.09 Å². The van der Waals surface area contributed by atoms with E-state index in [4.69, 9.17) is 21.4 Å². The van der Waals surface area contributed by atoms with Crippen LogP contribution < -0.4 is 10.9 Å². The monoisotopic (exact) mass is 370 g/mol. The van der Waals surface area contributed by atoms with Gasteiger partial charge in [0, 0.05) is 26.2 Å². The van der Waals surface area contributed by atoms with E-state index < -0.39 is 6.09 Å². The van der Waals surface area contributed by atoms with Crippen molar-refractivity contribution in [1.29, 1.82) is 0 Å². The summed E-state index contributed by atoms with van der Waals surface area (Å²) in [6.45, 7) is 3.02. The third-order valence-electron chi connectivity index (χ3n) is 4.86. The van der Waals surface area contributed by atoms with Gasteiger partial charge in [-0.05, 0) is 31.6 Å². The van der Waals surface area contributed by atoms with Crippen LogP contribution in [0.5, 0.6) is 0 Å². The lowest BCUT2D eigenvalue weighted by molar-refractivity contribution is 0.0595. The average molecular weight is 371 g/mol. The van der Waals surface area contributed by atoms with Crippen molar-refractivity contribution in [2.24, 2.45) is 5.92 Å². The van der Waals surface area contributed by atoms with Crippen LogP contribution in [0.1, 0.15) is 31.7 Å². The van der Waals surface area contributed by atoms with E-state index in [0.717, 1.165) is 26.1 Å². The van der Waals surface area contributed by atoms with E-state index in [0.29, 0.717) is 44.1 Å². The van der Waals surface area contributed by atoms with Gasteiger partial charge in [-0.2, -0.15) is 5.10 Å². The Hall–Kier alpha value is -1.80. The number of hydrogen-bond acceptors (Lipinski definition) is 5. The molecule has 0 saturated carbocycles. The number of piperidine rings is 1. The quantitative estimate of drug-likeness (QED) is 0.842. The second-order valence-corrected chi connectivity index (χ2v) is 6.96. The first kappa shape index (κ1) is 18.0. The highest BCUT2D eigenvalue weighted by Crippen LogP contribution is 2.23. The van der Waals surface area contributed by atoms with Crippen LogP contribution in [0, 0.1) is 5.92 Å². The first-order valence-corrected chi connectivity index (χ1v) is 9.01. The lowest BCUT2D eigenvalue weighted by atomic mass is 10.0. The second-order valence-electron chi connectivity index (χ2n) is 6.59. The Labute approximate surface area is 150 Å². The van der Waals surface area contributed by atoms with Gasteiger partial charge in [0.1, 0.15) is 5.02 Å². The number of aromatic nitrogens is 2. The molecule has 1 atom stereocenters. The van der Waals surface area contributed by atoms with Gasteiger partial charge in [0.05, 0.1) is 24.5 Å². The fourth-order valence-electron chi connectivity index (χ4n) is 3.35. The number of rotatable bonds is 4. The van der Waals surface area contributed by atoms with E-state index in [2.05, 4.69) is 10.4 Å². The molecule has 25 heavy (non-hydrogen) atoms. The Morgan fingerprint density at radius 2 is 2.16 bits per heavy atom. The zero-order valence-corrected chi connectivity index (χ0v) is 14.7. The number of halogens is 1. The number of nitrogens with one attached hydrogen (secondary N) is 1. The van der Waals surface area contributed by atoms with E-state index in [9.17, 15) is 9.59 Å². The Kier molecular flexibility index (Phi) is 5.80. The van der Waals surface area contributed by atoms with Crippen molar-refractivity contribution in [3.05, 3.63) is 21.6 Å². The number of carboxylic acid groups (broad SMARTS) is 1. The molecular formula is C16H23ClN4O4. The molecule has 1 aromatic heterocycles. The highest BCUT2D eigenvalue weighted by atomic mass is 35.5. The number of nitrogens with zero attached hydrogens (tertiary/aromatic N) is 3. The smallest absolute Gasteiger partial charge is 0.407 e. The maximum absolute atomic E-state index is 12.5. The van der Waals surface area contributed by atoms with Crippen molar-refractivity contribution in [3.8, 4) is 0 Å². The Morgan fingerprint density at radius 1 is 1.40 bits per heavy atom. The molecule has 2 N–H and O–H groups in total. The number of amides is 1. The summed E-state index contributed by atoms with van der Waals surface area (Å²) in [6.07, 6.45) is 3.91. The van der Waals surface area contributed by atoms with Crippen molar-refractivity contribution in [1.82, 2.24) is 14.7 Å². The van der Waals surface area contributed by atoms with Gasteiger partial charge in [0.25, 0.3) is 5.56 Å². The van der Waals surface area contributed by atoms with E-state index in [1.165, 1.54) is 9.58 Å². The summed E-state index contributed by atoms with van der Waals surface area (Å²) in [5.74, 6) is 0.410. The molecule has 1 amide bonds. The van der Waals surface area contributed by atoms with Crippen LogP contribution in [-0.4, -0.2) is 58.7 Å². The van der Waals surface area contributed by atoms with Crippen LogP contribution in [0.3, 0.4) is 0 Å². The van der Waals surface area contributed by atoms with Gasteiger partial charge in [-0.1, -0.05) is 11.6 Å². The van der Waals surface area contributed by atoms with Crippen LogP contribution in [0.4, 0.5) is 10.5 Å². The molecule has 138 valence electrons. The van der Waals surface area contributed by atoms with Gasteiger partial charge in [0.15, 0.2) is 0 Å². The van der Waals surface area contributed by atoms with Gasteiger partial charge in [-0.25, -0.2) is 9.48 Å². The van der Waals surface area contributed by atoms with Crippen LogP contribution in [0.25, 0.3) is 0 Å². The third kappa shape index (κ3) is 4.24. The predicted octanol–water partition coefficient (Wildman–Crippen LogP) is 2.05. The van der Waals surface area contributed by atoms with E-state index in [-0.39, 0.29) is 16.6 Å².